The smallest absolute Gasteiger partial charge is 0.153 e. The van der Waals surface area contributed by atoms with Gasteiger partial charge in [-0.1, -0.05) is 6.07 Å². The van der Waals surface area contributed by atoms with E-state index in [9.17, 15) is 9.18 Å². The van der Waals surface area contributed by atoms with Gasteiger partial charge in [-0.15, -0.1) is 0 Å². The number of hydrogen-bond acceptors (Lipinski definition) is 3. The fraction of sp³-hybridized carbons (Fsp3) is 0.133. The molecule has 0 heterocycles. The summed E-state index contributed by atoms with van der Waals surface area (Å²) < 4.78 is 23.9. The lowest BCUT2D eigenvalue weighted by Crippen LogP contribution is -1.93. The topological polar surface area (TPSA) is 35.5 Å². The summed E-state index contributed by atoms with van der Waals surface area (Å²) in [6.45, 7) is 0. The van der Waals surface area contributed by atoms with Gasteiger partial charge in [-0.3, -0.25) is 4.79 Å². The number of carbonyl (C=O) groups is 1. The molecule has 0 N–H and O–H groups in total. The summed E-state index contributed by atoms with van der Waals surface area (Å²) in [4.78, 5) is 11.0. The zero-order valence-corrected chi connectivity index (χ0v) is 10.6. The molecule has 4 heteroatoms. The van der Waals surface area contributed by atoms with Crippen LogP contribution < -0.4 is 9.47 Å². The number of methoxy groups -OCH3 is 2. The van der Waals surface area contributed by atoms with E-state index in [0.717, 1.165) is 0 Å². The Hall–Kier alpha value is -2.36. The van der Waals surface area contributed by atoms with Crippen LogP contribution in [-0.4, -0.2) is 20.5 Å². The molecule has 2 aromatic carbocycles. The standard InChI is InChI=1S/C15H13FO3/c1-18-12-4-5-13(14(16)8-12)10-3-6-15(19-2)11(7-10)9-17/h3-9H,1-2H3. The van der Waals surface area contributed by atoms with Crippen molar-refractivity contribution in [1.82, 2.24) is 0 Å². The number of hydrogen-bond donors (Lipinski definition) is 0. The monoisotopic (exact) mass is 260 g/mol. The minimum absolute atomic E-state index is 0.384. The van der Waals surface area contributed by atoms with Crippen molar-refractivity contribution < 1.29 is 18.7 Å². The Morgan fingerprint density at radius 2 is 1.84 bits per heavy atom. The highest BCUT2D eigenvalue weighted by Gasteiger charge is 2.09. The molecular formula is C15H13FO3. The molecule has 98 valence electrons. The minimum atomic E-state index is -0.402. The first-order valence-electron chi connectivity index (χ1n) is 5.66. The average molecular weight is 260 g/mol. The van der Waals surface area contributed by atoms with E-state index >= 15 is 0 Å². The lowest BCUT2D eigenvalue weighted by molar-refractivity contribution is 0.112. The summed E-state index contributed by atoms with van der Waals surface area (Å²) in [5.74, 6) is 0.513. The van der Waals surface area contributed by atoms with Crippen LogP contribution in [0.15, 0.2) is 36.4 Å². The lowest BCUT2D eigenvalue weighted by Gasteiger charge is -2.09. The molecule has 0 saturated heterocycles. The van der Waals surface area contributed by atoms with E-state index in [2.05, 4.69) is 0 Å². The maximum atomic E-state index is 13.9. The lowest BCUT2D eigenvalue weighted by atomic mass is 10.0. The molecule has 3 nitrogen and oxygen atoms in total. The van der Waals surface area contributed by atoms with Gasteiger partial charge in [0.05, 0.1) is 19.8 Å². The first-order valence-corrected chi connectivity index (χ1v) is 5.66. The normalized spacial score (nSPS) is 10.1. The van der Waals surface area contributed by atoms with Crippen LogP contribution in [0.5, 0.6) is 11.5 Å². The van der Waals surface area contributed by atoms with E-state index in [-0.39, 0.29) is 0 Å². The highest BCUT2D eigenvalue weighted by Crippen LogP contribution is 2.29. The maximum Gasteiger partial charge on any atom is 0.153 e. The Labute approximate surface area is 110 Å². The Bertz CT molecular complexity index is 608. The number of ether oxygens (including phenoxy) is 2. The molecule has 0 saturated carbocycles. The second kappa shape index (κ2) is 5.52. The van der Waals surface area contributed by atoms with E-state index in [4.69, 9.17) is 9.47 Å². The molecule has 0 aromatic heterocycles. The molecule has 0 fully saturated rings. The van der Waals surface area contributed by atoms with Crippen molar-refractivity contribution in [2.45, 2.75) is 0 Å². The summed E-state index contributed by atoms with van der Waals surface area (Å²) >= 11 is 0. The van der Waals surface area contributed by atoms with Gasteiger partial charge in [0, 0.05) is 11.6 Å². The van der Waals surface area contributed by atoms with Gasteiger partial charge in [0.2, 0.25) is 0 Å². The minimum Gasteiger partial charge on any atom is -0.497 e. The highest BCUT2D eigenvalue weighted by molar-refractivity contribution is 5.83. The van der Waals surface area contributed by atoms with Crippen molar-refractivity contribution in [3.63, 3.8) is 0 Å². The van der Waals surface area contributed by atoms with Crippen molar-refractivity contribution >= 4 is 6.29 Å². The largest absolute Gasteiger partial charge is 0.497 e. The first-order chi connectivity index (χ1) is 9.19. The zero-order chi connectivity index (χ0) is 13.8. The van der Waals surface area contributed by atoms with Crippen molar-refractivity contribution in [3.8, 4) is 22.6 Å². The van der Waals surface area contributed by atoms with Gasteiger partial charge in [0.1, 0.15) is 17.3 Å². The van der Waals surface area contributed by atoms with Gasteiger partial charge in [0.15, 0.2) is 6.29 Å². The van der Waals surface area contributed by atoms with Crippen LogP contribution in [0.25, 0.3) is 11.1 Å². The van der Waals surface area contributed by atoms with Crippen LogP contribution in [0.2, 0.25) is 0 Å². The SMILES string of the molecule is COc1ccc(-c2ccc(OC)c(C=O)c2)c(F)c1. The number of rotatable bonds is 4. The second-order valence-electron chi connectivity index (χ2n) is 3.92. The van der Waals surface area contributed by atoms with E-state index in [1.807, 2.05) is 0 Å². The van der Waals surface area contributed by atoms with Crippen LogP contribution in [0, 0.1) is 5.82 Å². The maximum absolute atomic E-state index is 13.9. The molecule has 0 aliphatic heterocycles. The summed E-state index contributed by atoms with van der Waals surface area (Å²) in [7, 11) is 2.96. The average Bonchev–Trinajstić information content (AvgIpc) is 2.46. The molecule has 0 radical (unpaired) electrons. The summed E-state index contributed by atoms with van der Waals surface area (Å²) in [6, 6.07) is 9.53. The Morgan fingerprint density at radius 3 is 2.42 bits per heavy atom. The van der Waals surface area contributed by atoms with Crippen molar-refractivity contribution in [1.29, 1.82) is 0 Å². The molecule has 0 spiro atoms. The molecule has 19 heavy (non-hydrogen) atoms. The molecule has 2 aromatic rings. The van der Waals surface area contributed by atoms with E-state index in [0.29, 0.717) is 34.5 Å². The third-order valence-electron chi connectivity index (χ3n) is 2.84. The van der Waals surface area contributed by atoms with Crippen molar-refractivity contribution in [2.75, 3.05) is 14.2 Å². The Balaban J connectivity index is 2.50. The van der Waals surface area contributed by atoms with Gasteiger partial charge in [0.25, 0.3) is 0 Å². The van der Waals surface area contributed by atoms with Gasteiger partial charge < -0.3 is 9.47 Å². The fourth-order valence-electron chi connectivity index (χ4n) is 1.85. The summed E-state index contributed by atoms with van der Waals surface area (Å²) in [6.07, 6.45) is 0.684. The molecule has 0 amide bonds. The second-order valence-corrected chi connectivity index (χ2v) is 3.92. The van der Waals surface area contributed by atoms with Crippen LogP contribution >= 0.6 is 0 Å². The third-order valence-corrected chi connectivity index (χ3v) is 2.84. The Kier molecular flexibility index (Phi) is 3.80. The van der Waals surface area contributed by atoms with Gasteiger partial charge in [-0.25, -0.2) is 4.39 Å². The predicted octanol–water partition coefficient (Wildman–Crippen LogP) is 3.32. The Morgan fingerprint density at radius 1 is 1.05 bits per heavy atom. The molecule has 0 aliphatic carbocycles. The molecular weight excluding hydrogens is 247 g/mol. The zero-order valence-electron chi connectivity index (χ0n) is 10.6. The van der Waals surface area contributed by atoms with E-state index in [1.54, 1.807) is 30.3 Å². The van der Waals surface area contributed by atoms with Gasteiger partial charge in [-0.2, -0.15) is 0 Å². The number of benzene rings is 2. The van der Waals surface area contributed by atoms with Gasteiger partial charge in [-0.05, 0) is 29.8 Å². The van der Waals surface area contributed by atoms with Crippen LogP contribution in [0.1, 0.15) is 10.4 Å². The van der Waals surface area contributed by atoms with E-state index in [1.165, 1.54) is 20.3 Å². The summed E-state index contributed by atoms with van der Waals surface area (Å²) in [5.41, 5.74) is 1.41. The van der Waals surface area contributed by atoms with Crippen molar-refractivity contribution in [2.24, 2.45) is 0 Å². The van der Waals surface area contributed by atoms with Gasteiger partial charge >= 0.3 is 0 Å². The number of halogens is 1. The summed E-state index contributed by atoms with van der Waals surface area (Å²) in [5, 5.41) is 0. The van der Waals surface area contributed by atoms with Crippen LogP contribution in [-0.2, 0) is 0 Å². The molecule has 2 rings (SSSR count). The van der Waals surface area contributed by atoms with Crippen LogP contribution in [0.3, 0.4) is 0 Å². The molecule has 0 bridgehead atoms. The first kappa shape index (κ1) is 13.1. The molecule has 0 atom stereocenters. The molecule has 0 aliphatic rings. The van der Waals surface area contributed by atoms with Crippen molar-refractivity contribution in [3.05, 3.63) is 47.8 Å². The fourth-order valence-corrected chi connectivity index (χ4v) is 1.85. The quantitative estimate of drug-likeness (QED) is 0.791. The number of carbonyl (C=O) groups excluding carboxylic acids is 1. The third kappa shape index (κ3) is 2.57. The predicted molar refractivity (Wildman–Crippen MR) is 70.3 cm³/mol. The van der Waals surface area contributed by atoms with Crippen LogP contribution in [0.4, 0.5) is 4.39 Å². The molecule has 0 unspecified atom stereocenters. The number of aldehydes is 1. The van der Waals surface area contributed by atoms with E-state index < -0.39 is 5.82 Å². The highest BCUT2D eigenvalue weighted by atomic mass is 19.1.